The fourth-order valence-corrected chi connectivity index (χ4v) is 2.15. The van der Waals surface area contributed by atoms with Crippen LogP contribution in [0, 0.1) is 11.3 Å². The van der Waals surface area contributed by atoms with Crippen LogP contribution in [0.5, 0.6) is 0 Å². The molecule has 0 spiro atoms. The van der Waals surface area contributed by atoms with Crippen molar-refractivity contribution in [1.82, 2.24) is 5.32 Å². The maximum absolute atomic E-state index is 11.8. The lowest BCUT2D eigenvalue weighted by Gasteiger charge is -2.07. The molecule has 0 unspecified atom stereocenters. The van der Waals surface area contributed by atoms with E-state index in [1.807, 2.05) is 36.4 Å². The molecule has 1 amide bonds. The van der Waals surface area contributed by atoms with E-state index in [1.54, 1.807) is 18.2 Å². The SMILES string of the molecule is N#Cc1cccc(C(=O)OCC(=O)NCCCc2ccccc2)c1. The fraction of sp³-hybridized carbons (Fsp3) is 0.211. The van der Waals surface area contributed by atoms with Crippen LogP contribution in [-0.2, 0) is 16.0 Å². The Kier molecular flexibility index (Phi) is 6.54. The second kappa shape index (κ2) is 9.11. The number of benzene rings is 2. The number of carbonyl (C=O) groups is 2. The van der Waals surface area contributed by atoms with Crippen LogP contribution < -0.4 is 5.32 Å². The van der Waals surface area contributed by atoms with Crippen molar-refractivity contribution in [2.75, 3.05) is 13.2 Å². The monoisotopic (exact) mass is 322 g/mol. The van der Waals surface area contributed by atoms with Gasteiger partial charge in [0.05, 0.1) is 17.2 Å². The van der Waals surface area contributed by atoms with Crippen LogP contribution in [0.3, 0.4) is 0 Å². The largest absolute Gasteiger partial charge is 0.452 e. The van der Waals surface area contributed by atoms with Crippen molar-refractivity contribution < 1.29 is 14.3 Å². The molecule has 0 saturated heterocycles. The smallest absolute Gasteiger partial charge is 0.338 e. The summed E-state index contributed by atoms with van der Waals surface area (Å²) >= 11 is 0. The van der Waals surface area contributed by atoms with Gasteiger partial charge in [0, 0.05) is 6.54 Å². The van der Waals surface area contributed by atoms with Crippen molar-refractivity contribution in [2.45, 2.75) is 12.8 Å². The van der Waals surface area contributed by atoms with Gasteiger partial charge in [-0.05, 0) is 36.6 Å². The zero-order chi connectivity index (χ0) is 17.2. The maximum Gasteiger partial charge on any atom is 0.338 e. The zero-order valence-electron chi connectivity index (χ0n) is 13.2. The molecule has 0 aliphatic carbocycles. The molecule has 1 N–H and O–H groups in total. The third kappa shape index (κ3) is 5.58. The highest BCUT2D eigenvalue weighted by Crippen LogP contribution is 2.06. The van der Waals surface area contributed by atoms with Gasteiger partial charge in [-0.15, -0.1) is 0 Å². The average molecular weight is 322 g/mol. The molecule has 0 bridgehead atoms. The molecule has 0 atom stereocenters. The lowest BCUT2D eigenvalue weighted by Crippen LogP contribution is -2.29. The number of aryl methyl sites for hydroxylation is 1. The number of nitrogens with zero attached hydrogens (tertiary/aromatic N) is 1. The van der Waals surface area contributed by atoms with E-state index in [0.717, 1.165) is 12.8 Å². The van der Waals surface area contributed by atoms with E-state index in [0.29, 0.717) is 12.1 Å². The standard InChI is InChI=1S/C19H18N2O3/c20-13-16-8-4-10-17(12-16)19(23)24-14-18(22)21-11-5-9-15-6-2-1-3-7-15/h1-4,6-8,10,12H,5,9,11,14H2,(H,21,22). The van der Waals surface area contributed by atoms with Crippen LogP contribution in [0.1, 0.15) is 27.9 Å². The highest BCUT2D eigenvalue weighted by atomic mass is 16.5. The van der Waals surface area contributed by atoms with Crippen LogP contribution in [0.25, 0.3) is 0 Å². The summed E-state index contributed by atoms with van der Waals surface area (Å²) in [4.78, 5) is 23.5. The molecule has 24 heavy (non-hydrogen) atoms. The lowest BCUT2D eigenvalue weighted by molar-refractivity contribution is -0.124. The van der Waals surface area contributed by atoms with E-state index >= 15 is 0 Å². The number of nitrogens with one attached hydrogen (secondary N) is 1. The minimum atomic E-state index is -0.619. The van der Waals surface area contributed by atoms with Gasteiger partial charge in [-0.25, -0.2) is 4.79 Å². The van der Waals surface area contributed by atoms with E-state index in [1.165, 1.54) is 11.6 Å². The number of hydrogen-bond donors (Lipinski definition) is 1. The molecule has 5 nitrogen and oxygen atoms in total. The molecule has 2 rings (SSSR count). The Morgan fingerprint density at radius 1 is 1.08 bits per heavy atom. The molecular weight excluding hydrogens is 304 g/mol. The van der Waals surface area contributed by atoms with Crippen molar-refractivity contribution in [2.24, 2.45) is 0 Å². The van der Waals surface area contributed by atoms with Crippen molar-refractivity contribution in [3.05, 3.63) is 71.3 Å². The minimum Gasteiger partial charge on any atom is -0.452 e. The highest BCUT2D eigenvalue weighted by molar-refractivity contribution is 5.91. The first-order valence-corrected chi connectivity index (χ1v) is 7.67. The maximum atomic E-state index is 11.8. The second-order valence-corrected chi connectivity index (χ2v) is 5.21. The Balaban J connectivity index is 1.67. The van der Waals surface area contributed by atoms with Gasteiger partial charge in [0.2, 0.25) is 0 Å². The summed E-state index contributed by atoms with van der Waals surface area (Å²) in [6.07, 6.45) is 1.69. The van der Waals surface area contributed by atoms with E-state index in [2.05, 4.69) is 5.32 Å². The zero-order valence-corrected chi connectivity index (χ0v) is 13.2. The first kappa shape index (κ1) is 17.2. The van der Waals surface area contributed by atoms with Crippen molar-refractivity contribution >= 4 is 11.9 Å². The number of ether oxygens (including phenoxy) is 1. The third-order valence-corrected chi connectivity index (χ3v) is 3.37. The molecule has 122 valence electrons. The van der Waals surface area contributed by atoms with E-state index in [-0.39, 0.29) is 18.1 Å². The van der Waals surface area contributed by atoms with Crippen LogP contribution in [0.2, 0.25) is 0 Å². The molecule has 0 fully saturated rings. The van der Waals surface area contributed by atoms with Crippen molar-refractivity contribution in [3.8, 4) is 6.07 Å². The topological polar surface area (TPSA) is 79.2 Å². The Labute approximate surface area is 140 Å². The Hall–Kier alpha value is -3.13. The van der Waals surface area contributed by atoms with E-state index in [4.69, 9.17) is 10.00 Å². The first-order valence-electron chi connectivity index (χ1n) is 7.67. The number of esters is 1. The number of hydrogen-bond acceptors (Lipinski definition) is 4. The van der Waals surface area contributed by atoms with E-state index in [9.17, 15) is 9.59 Å². The van der Waals surface area contributed by atoms with Crippen LogP contribution in [0.4, 0.5) is 0 Å². The Morgan fingerprint density at radius 3 is 2.62 bits per heavy atom. The molecular formula is C19H18N2O3. The second-order valence-electron chi connectivity index (χ2n) is 5.21. The van der Waals surface area contributed by atoms with Crippen LogP contribution in [-0.4, -0.2) is 25.0 Å². The van der Waals surface area contributed by atoms with E-state index < -0.39 is 5.97 Å². The molecule has 0 aliphatic heterocycles. The molecule has 0 aliphatic rings. The Bertz CT molecular complexity index is 736. The van der Waals surface area contributed by atoms with Crippen molar-refractivity contribution in [1.29, 1.82) is 5.26 Å². The van der Waals surface area contributed by atoms with Gasteiger partial charge in [-0.1, -0.05) is 36.4 Å². The Morgan fingerprint density at radius 2 is 1.88 bits per heavy atom. The van der Waals surface area contributed by atoms with Gasteiger partial charge in [-0.2, -0.15) is 5.26 Å². The molecule has 0 radical (unpaired) electrons. The summed E-state index contributed by atoms with van der Waals surface area (Å²) in [5.41, 5.74) is 1.84. The minimum absolute atomic E-state index is 0.255. The van der Waals surface area contributed by atoms with Gasteiger partial charge in [0.15, 0.2) is 6.61 Å². The fourth-order valence-electron chi connectivity index (χ4n) is 2.15. The normalized spacial score (nSPS) is 9.79. The number of carbonyl (C=O) groups excluding carboxylic acids is 2. The predicted molar refractivity (Wildman–Crippen MR) is 89.2 cm³/mol. The average Bonchev–Trinajstić information content (AvgIpc) is 2.64. The number of amides is 1. The van der Waals surface area contributed by atoms with Gasteiger partial charge in [0.1, 0.15) is 0 Å². The quantitative estimate of drug-likeness (QED) is 0.627. The summed E-state index contributed by atoms with van der Waals surface area (Å²) in [5, 5.41) is 11.5. The van der Waals surface area contributed by atoms with Gasteiger partial charge >= 0.3 is 5.97 Å². The predicted octanol–water partition coefficient (Wildman–Crippen LogP) is 2.46. The molecule has 2 aromatic carbocycles. The summed E-state index contributed by atoms with van der Waals surface area (Å²) < 4.78 is 4.94. The highest BCUT2D eigenvalue weighted by Gasteiger charge is 2.10. The van der Waals surface area contributed by atoms with Gasteiger partial charge in [0.25, 0.3) is 5.91 Å². The number of nitriles is 1. The van der Waals surface area contributed by atoms with Crippen LogP contribution in [0.15, 0.2) is 54.6 Å². The van der Waals surface area contributed by atoms with Gasteiger partial charge in [-0.3, -0.25) is 4.79 Å². The molecule has 0 aromatic heterocycles. The number of rotatable bonds is 7. The van der Waals surface area contributed by atoms with Gasteiger partial charge < -0.3 is 10.1 Å². The third-order valence-electron chi connectivity index (χ3n) is 3.37. The summed E-state index contributed by atoms with van der Waals surface area (Å²) in [6, 6.07) is 18.1. The molecule has 2 aromatic rings. The molecule has 0 saturated carbocycles. The summed E-state index contributed by atoms with van der Waals surface area (Å²) in [7, 11) is 0. The first-order chi connectivity index (χ1) is 11.7. The molecule has 0 heterocycles. The van der Waals surface area contributed by atoms with Crippen molar-refractivity contribution in [3.63, 3.8) is 0 Å². The lowest BCUT2D eigenvalue weighted by atomic mass is 10.1. The summed E-state index contributed by atoms with van der Waals surface area (Å²) in [6.45, 7) is 0.191. The van der Waals surface area contributed by atoms with Crippen LogP contribution >= 0.6 is 0 Å². The molecule has 5 heteroatoms. The summed E-state index contributed by atoms with van der Waals surface area (Å²) in [5.74, 6) is -0.959.